The van der Waals surface area contributed by atoms with Crippen LogP contribution in [0.25, 0.3) is 0 Å². The van der Waals surface area contributed by atoms with Crippen LogP contribution in [0.3, 0.4) is 0 Å². The van der Waals surface area contributed by atoms with Crippen LogP contribution in [0.2, 0.25) is 0 Å². The summed E-state index contributed by atoms with van der Waals surface area (Å²) in [6, 6.07) is 4.04. The third kappa shape index (κ3) is 4.43. The highest BCUT2D eigenvalue weighted by molar-refractivity contribution is 7.92. The average Bonchev–Trinajstić information content (AvgIpc) is 2.16. The second kappa shape index (κ2) is 5.14. The number of rotatable bonds is 4. The number of sulfone groups is 1. The molecule has 1 aromatic carbocycles. The van der Waals surface area contributed by atoms with Crippen molar-refractivity contribution in [2.45, 2.75) is 11.9 Å². The Hall–Kier alpha value is -0.950. The third-order valence-electron chi connectivity index (χ3n) is 1.99. The maximum atomic E-state index is 12.2. The molecule has 7 heteroatoms. The first-order valence-electron chi connectivity index (χ1n) is 4.55. The topological polar surface area (TPSA) is 34.1 Å². The first-order valence-corrected chi connectivity index (χ1v) is 6.84. The average molecular weight is 282 g/mol. The van der Waals surface area contributed by atoms with Gasteiger partial charge in [-0.15, -0.1) is 0 Å². The molecule has 0 fully saturated rings. The smallest absolute Gasteiger partial charge is 0.228 e. The highest BCUT2D eigenvalue weighted by Gasteiger charge is 2.30. The number of hydrogen-bond donors (Lipinski definition) is 0. The summed E-state index contributed by atoms with van der Waals surface area (Å²) < 4.78 is 59.4. The molecule has 0 saturated carbocycles. The lowest BCUT2D eigenvalue weighted by atomic mass is 10.1. The highest BCUT2D eigenvalue weighted by atomic mass is 32.2. The molecule has 0 amide bonds. The summed E-state index contributed by atoms with van der Waals surface area (Å²) in [7, 11) is -3.37. The summed E-state index contributed by atoms with van der Waals surface area (Å²) in [6.45, 7) is 0. The lowest BCUT2D eigenvalue weighted by Crippen LogP contribution is -2.10. The summed E-state index contributed by atoms with van der Waals surface area (Å²) in [5.41, 5.74) is -0.483. The Kier molecular flexibility index (Phi) is 4.26. The van der Waals surface area contributed by atoms with E-state index in [1.807, 2.05) is 0 Å². The van der Waals surface area contributed by atoms with Gasteiger partial charge in [0.2, 0.25) is 0 Å². The molecule has 0 heterocycles. The number of halogens is 3. The molecule has 0 atom stereocenters. The van der Waals surface area contributed by atoms with E-state index in [1.165, 1.54) is 0 Å². The van der Waals surface area contributed by atoms with E-state index in [1.54, 1.807) is 0 Å². The van der Waals surface area contributed by atoms with Crippen molar-refractivity contribution < 1.29 is 21.6 Å². The molecule has 1 aromatic rings. The number of hydrogen-bond acceptors (Lipinski definition) is 3. The monoisotopic (exact) mass is 282 g/mol. The summed E-state index contributed by atoms with van der Waals surface area (Å²) in [5.74, 6) is -0.568. The van der Waals surface area contributed by atoms with Crippen molar-refractivity contribution in [3.05, 3.63) is 35.4 Å². The lowest BCUT2D eigenvalue weighted by Gasteiger charge is -2.07. The Morgan fingerprint density at radius 2 is 1.71 bits per heavy atom. The van der Waals surface area contributed by atoms with Crippen molar-refractivity contribution in [1.29, 1.82) is 0 Å². The van der Waals surface area contributed by atoms with Crippen molar-refractivity contribution in [2.75, 3.05) is 5.75 Å². The largest absolute Gasteiger partial charge is 0.416 e. The highest BCUT2D eigenvalue weighted by Crippen LogP contribution is 2.29. The van der Waals surface area contributed by atoms with Gasteiger partial charge in [0.15, 0.2) is 9.84 Å². The van der Waals surface area contributed by atoms with Gasteiger partial charge in [-0.05, 0) is 23.1 Å². The molecular weight excluding hydrogens is 273 g/mol. The molecule has 0 aliphatic rings. The Labute approximate surface area is 102 Å². The Morgan fingerprint density at radius 1 is 1.18 bits per heavy atom. The van der Waals surface area contributed by atoms with Crippen LogP contribution in [0.15, 0.2) is 24.3 Å². The van der Waals surface area contributed by atoms with Gasteiger partial charge in [-0.1, -0.05) is 24.4 Å². The molecule has 0 aliphatic heterocycles. The molecule has 0 spiro atoms. The summed E-state index contributed by atoms with van der Waals surface area (Å²) in [4.78, 5) is 0. The minimum atomic E-state index is -4.41. The van der Waals surface area contributed by atoms with E-state index in [2.05, 4.69) is 12.2 Å². The van der Waals surface area contributed by atoms with Crippen molar-refractivity contribution in [3.8, 4) is 0 Å². The molecule has 94 valence electrons. The lowest BCUT2D eigenvalue weighted by molar-refractivity contribution is -0.137. The number of alkyl halides is 3. The van der Waals surface area contributed by atoms with E-state index >= 15 is 0 Å². The van der Waals surface area contributed by atoms with Crippen molar-refractivity contribution in [2.24, 2.45) is 0 Å². The molecule has 0 unspecified atom stereocenters. The Balaban J connectivity index is 2.86. The van der Waals surface area contributed by atoms with Gasteiger partial charge >= 0.3 is 6.18 Å². The fourth-order valence-electron chi connectivity index (χ4n) is 1.21. The van der Waals surface area contributed by atoms with Gasteiger partial charge in [-0.25, -0.2) is 8.42 Å². The first-order chi connectivity index (χ1) is 7.74. The molecule has 0 saturated heterocycles. The summed E-state index contributed by atoms with van der Waals surface area (Å²) in [6.07, 6.45) is -4.41. The Morgan fingerprint density at radius 3 is 2.12 bits per heavy atom. The van der Waals surface area contributed by atoms with Crippen LogP contribution in [0, 0.1) is 0 Å². The minimum absolute atomic E-state index is 0.261. The molecule has 17 heavy (non-hydrogen) atoms. The first kappa shape index (κ1) is 14.1. The summed E-state index contributed by atoms with van der Waals surface area (Å²) >= 11 is 4.43. The van der Waals surface area contributed by atoms with Crippen LogP contribution in [0.1, 0.15) is 11.1 Å². The zero-order chi connectivity index (χ0) is 13.1. The van der Waals surface area contributed by atoms with Crippen molar-refractivity contribution in [3.63, 3.8) is 0 Å². The van der Waals surface area contributed by atoms with Gasteiger partial charge in [-0.2, -0.15) is 13.2 Å². The second-order valence-corrected chi connectivity index (χ2v) is 5.86. The predicted molar refractivity (Wildman–Crippen MR) is 62.6 cm³/mol. The second-order valence-electron chi connectivity index (χ2n) is 3.42. The molecule has 1 rings (SSSR count). The van der Waals surface area contributed by atoms with E-state index in [0.717, 1.165) is 29.6 Å². The summed E-state index contributed by atoms with van der Waals surface area (Å²) in [5, 5.41) is 1.08. The quantitative estimate of drug-likeness (QED) is 0.796. The van der Waals surface area contributed by atoms with Gasteiger partial charge in [-0.3, -0.25) is 0 Å². The third-order valence-corrected chi connectivity index (χ3v) is 3.82. The van der Waals surface area contributed by atoms with Crippen LogP contribution in [0.5, 0.6) is 0 Å². The molecule has 0 aromatic heterocycles. The fourth-order valence-corrected chi connectivity index (χ4v) is 2.85. The van der Waals surface area contributed by atoms with Gasteiger partial charge < -0.3 is 0 Å². The van der Waals surface area contributed by atoms with Gasteiger partial charge in [0.25, 0.3) is 0 Å². The van der Waals surface area contributed by atoms with E-state index in [9.17, 15) is 21.6 Å². The molecule has 0 radical (unpaired) electrons. The standard InChI is InChI=1S/C10H9F3O2S2/c11-10(12,13)9-3-1-8(2-4-9)7-17(14,15)6-5-16/h1-5H,6-7H2. The van der Waals surface area contributed by atoms with Crippen LogP contribution < -0.4 is 0 Å². The van der Waals surface area contributed by atoms with E-state index in [4.69, 9.17) is 0 Å². The van der Waals surface area contributed by atoms with Crippen molar-refractivity contribution >= 4 is 27.4 Å². The van der Waals surface area contributed by atoms with E-state index in [0.29, 0.717) is 5.56 Å². The molecular formula is C10H9F3O2S2. The molecule has 0 bridgehead atoms. The normalized spacial score (nSPS) is 12.4. The van der Waals surface area contributed by atoms with Gasteiger partial charge in [0, 0.05) is 0 Å². The van der Waals surface area contributed by atoms with Crippen LogP contribution >= 0.6 is 12.2 Å². The molecule has 2 nitrogen and oxygen atoms in total. The zero-order valence-corrected chi connectivity index (χ0v) is 10.2. The molecule has 0 N–H and O–H groups in total. The van der Waals surface area contributed by atoms with Crippen LogP contribution in [-0.2, 0) is 21.8 Å². The van der Waals surface area contributed by atoms with Crippen LogP contribution in [-0.4, -0.2) is 19.5 Å². The van der Waals surface area contributed by atoms with Gasteiger partial charge in [0.1, 0.15) is 0 Å². The van der Waals surface area contributed by atoms with E-state index in [-0.39, 0.29) is 11.5 Å². The van der Waals surface area contributed by atoms with Crippen LogP contribution in [0.4, 0.5) is 13.2 Å². The minimum Gasteiger partial charge on any atom is -0.228 e. The maximum absolute atomic E-state index is 12.2. The van der Waals surface area contributed by atoms with Gasteiger partial charge in [0.05, 0.1) is 17.1 Å². The van der Waals surface area contributed by atoms with E-state index < -0.39 is 21.6 Å². The van der Waals surface area contributed by atoms with Crippen molar-refractivity contribution in [1.82, 2.24) is 0 Å². The predicted octanol–water partition coefficient (Wildman–Crippen LogP) is 2.62. The Bertz CT molecular complexity index is 489. The SMILES string of the molecule is O=S(=O)(CC=S)Cc1ccc(C(F)(F)F)cc1. The zero-order valence-electron chi connectivity index (χ0n) is 8.57. The molecule has 0 aliphatic carbocycles. The number of thiocarbonyl (C=S) groups is 1. The maximum Gasteiger partial charge on any atom is 0.416 e. The fraction of sp³-hybridized carbons (Fsp3) is 0.300. The number of benzene rings is 1.